The number of aromatic nitrogens is 2. The van der Waals surface area contributed by atoms with E-state index < -0.39 is 23.4 Å². The summed E-state index contributed by atoms with van der Waals surface area (Å²) < 4.78 is 11.9. The van der Waals surface area contributed by atoms with Crippen molar-refractivity contribution in [2.45, 2.75) is 60.0 Å². The molecule has 34 heavy (non-hydrogen) atoms. The van der Waals surface area contributed by atoms with Crippen molar-refractivity contribution in [1.82, 2.24) is 9.97 Å². The van der Waals surface area contributed by atoms with Crippen LogP contribution in [-0.4, -0.2) is 40.8 Å². The standard InChI is InChI=1S/C26H35N3O4S/c1-14(2)20-13-34-24(29-20)19-11-22(17-8-9-21(32-7)15(3)23(17)28-19)33-16(12-27)10-18(25(30)31)26(4,5)6/h8-9,11,13-14,16,18H,10,12,27H2,1-7H3,(H,30,31)/t16-,18+/m1/s1. The number of fused-ring (bicyclic) bond motifs is 1. The predicted molar refractivity (Wildman–Crippen MR) is 137 cm³/mol. The van der Waals surface area contributed by atoms with E-state index in [0.29, 0.717) is 23.8 Å². The molecule has 0 aliphatic carbocycles. The molecule has 2 heterocycles. The van der Waals surface area contributed by atoms with Gasteiger partial charge in [0.25, 0.3) is 0 Å². The Morgan fingerprint density at radius 2 is 1.91 bits per heavy atom. The Kier molecular flexibility index (Phi) is 7.83. The Bertz CT molecular complexity index is 1170. The number of nitrogens with two attached hydrogens (primary N) is 1. The average molecular weight is 486 g/mol. The largest absolute Gasteiger partial charge is 0.496 e. The highest BCUT2D eigenvalue weighted by Gasteiger charge is 2.34. The highest BCUT2D eigenvalue weighted by Crippen LogP contribution is 2.38. The fourth-order valence-corrected chi connectivity index (χ4v) is 4.88. The van der Waals surface area contributed by atoms with Crippen LogP contribution in [0.4, 0.5) is 0 Å². The SMILES string of the molecule is COc1ccc2c(O[C@@H](CN)C[C@@H](C(=O)O)C(C)(C)C)cc(-c3nc(C(C)C)cs3)nc2c1C. The first-order chi connectivity index (χ1) is 16.0. The molecule has 0 fully saturated rings. The smallest absolute Gasteiger partial charge is 0.307 e. The van der Waals surface area contributed by atoms with Gasteiger partial charge in [-0.3, -0.25) is 4.79 Å². The Morgan fingerprint density at radius 1 is 1.21 bits per heavy atom. The number of rotatable bonds is 9. The van der Waals surface area contributed by atoms with Gasteiger partial charge in [-0.1, -0.05) is 34.6 Å². The molecule has 1 aromatic carbocycles. The van der Waals surface area contributed by atoms with Crippen LogP contribution in [0, 0.1) is 18.3 Å². The van der Waals surface area contributed by atoms with Crippen molar-refractivity contribution in [3.05, 3.63) is 34.8 Å². The number of carbonyl (C=O) groups is 1. The lowest BCUT2D eigenvalue weighted by molar-refractivity contribution is -0.146. The monoisotopic (exact) mass is 485 g/mol. The molecule has 0 aliphatic heterocycles. The third-order valence-corrected chi connectivity index (χ3v) is 6.98. The van der Waals surface area contributed by atoms with Gasteiger partial charge in [-0.15, -0.1) is 11.3 Å². The molecule has 0 amide bonds. The molecule has 0 unspecified atom stereocenters. The zero-order chi connectivity index (χ0) is 25.2. The van der Waals surface area contributed by atoms with Gasteiger partial charge in [-0.2, -0.15) is 0 Å². The minimum absolute atomic E-state index is 0.197. The van der Waals surface area contributed by atoms with E-state index >= 15 is 0 Å². The van der Waals surface area contributed by atoms with Crippen molar-refractivity contribution in [1.29, 1.82) is 0 Å². The van der Waals surface area contributed by atoms with Gasteiger partial charge in [0.15, 0.2) is 0 Å². The highest BCUT2D eigenvalue weighted by atomic mass is 32.1. The number of methoxy groups -OCH3 is 1. The Labute approximate surface area is 205 Å². The summed E-state index contributed by atoms with van der Waals surface area (Å²) in [5.41, 5.74) is 9.01. The summed E-state index contributed by atoms with van der Waals surface area (Å²) in [6.07, 6.45) is -0.165. The first-order valence-corrected chi connectivity index (χ1v) is 12.4. The molecule has 0 bridgehead atoms. The highest BCUT2D eigenvalue weighted by molar-refractivity contribution is 7.13. The maximum atomic E-state index is 11.9. The van der Waals surface area contributed by atoms with Gasteiger partial charge in [0, 0.05) is 28.9 Å². The molecule has 0 radical (unpaired) electrons. The van der Waals surface area contributed by atoms with Gasteiger partial charge in [0.2, 0.25) is 0 Å². The fraction of sp³-hybridized carbons (Fsp3) is 0.500. The average Bonchev–Trinajstić information content (AvgIpc) is 3.26. The molecule has 0 saturated heterocycles. The van der Waals surface area contributed by atoms with Crippen molar-refractivity contribution in [3.63, 3.8) is 0 Å². The maximum absolute atomic E-state index is 11.9. The second-order valence-corrected chi connectivity index (χ2v) is 10.9. The molecule has 3 rings (SSSR count). The van der Waals surface area contributed by atoms with E-state index in [0.717, 1.165) is 32.9 Å². The van der Waals surface area contributed by atoms with Gasteiger partial charge >= 0.3 is 5.97 Å². The summed E-state index contributed by atoms with van der Waals surface area (Å²) >= 11 is 1.54. The number of carboxylic acid groups (broad SMARTS) is 1. The van der Waals surface area contributed by atoms with Crippen LogP contribution in [0.2, 0.25) is 0 Å². The molecule has 8 heteroatoms. The predicted octanol–water partition coefficient (Wildman–Crippen LogP) is 5.64. The topological polar surface area (TPSA) is 108 Å². The lowest BCUT2D eigenvalue weighted by Crippen LogP contribution is -2.37. The second kappa shape index (κ2) is 10.3. The van der Waals surface area contributed by atoms with Gasteiger partial charge in [0.1, 0.15) is 28.3 Å². The summed E-state index contributed by atoms with van der Waals surface area (Å²) in [6, 6.07) is 5.69. The van der Waals surface area contributed by atoms with Gasteiger partial charge in [-0.25, -0.2) is 9.97 Å². The van der Waals surface area contributed by atoms with E-state index in [1.165, 1.54) is 0 Å². The number of benzene rings is 1. The first kappa shape index (κ1) is 25.9. The summed E-state index contributed by atoms with van der Waals surface area (Å²) in [5, 5.41) is 13.5. The number of ether oxygens (including phenoxy) is 2. The van der Waals surface area contributed by atoms with Crippen LogP contribution in [0.15, 0.2) is 23.6 Å². The van der Waals surface area contributed by atoms with E-state index in [9.17, 15) is 9.90 Å². The van der Waals surface area contributed by atoms with Crippen molar-refractivity contribution in [2.75, 3.05) is 13.7 Å². The number of hydrogen-bond acceptors (Lipinski definition) is 7. The fourth-order valence-electron chi connectivity index (χ4n) is 3.94. The van der Waals surface area contributed by atoms with Crippen molar-refractivity contribution < 1.29 is 19.4 Å². The van der Waals surface area contributed by atoms with Gasteiger partial charge in [-0.05, 0) is 36.8 Å². The number of aryl methyl sites for hydroxylation is 1. The summed E-state index contributed by atoms with van der Waals surface area (Å²) in [5.74, 6) is 0.220. The number of hydrogen-bond donors (Lipinski definition) is 2. The molecule has 7 nitrogen and oxygen atoms in total. The van der Waals surface area contributed by atoms with Crippen LogP contribution in [0.1, 0.15) is 58.2 Å². The van der Waals surface area contributed by atoms with Gasteiger partial charge < -0.3 is 20.3 Å². The van der Waals surface area contributed by atoms with Crippen molar-refractivity contribution in [3.8, 4) is 22.2 Å². The number of thiazole rings is 1. The molecule has 0 spiro atoms. The van der Waals surface area contributed by atoms with E-state index in [4.69, 9.17) is 25.2 Å². The zero-order valence-electron chi connectivity index (χ0n) is 21.0. The zero-order valence-corrected chi connectivity index (χ0v) is 21.8. The minimum atomic E-state index is -0.848. The molecule has 0 saturated carbocycles. The summed E-state index contributed by atoms with van der Waals surface area (Å²) in [4.78, 5) is 21.6. The molecule has 184 valence electrons. The molecular weight excluding hydrogens is 450 g/mol. The van der Waals surface area contributed by atoms with Gasteiger partial charge in [0.05, 0.1) is 24.2 Å². The van der Waals surface area contributed by atoms with E-state index in [1.807, 2.05) is 51.3 Å². The molecule has 0 aliphatic rings. The molecule has 3 aromatic rings. The minimum Gasteiger partial charge on any atom is -0.496 e. The van der Waals surface area contributed by atoms with E-state index in [2.05, 4.69) is 13.8 Å². The second-order valence-electron chi connectivity index (χ2n) is 9.99. The van der Waals surface area contributed by atoms with Crippen molar-refractivity contribution >= 4 is 28.2 Å². The molecule has 2 atom stereocenters. The summed E-state index contributed by atoms with van der Waals surface area (Å²) in [6.45, 7) is 12.1. The Hall–Kier alpha value is -2.71. The Morgan fingerprint density at radius 3 is 2.44 bits per heavy atom. The molecule has 2 aromatic heterocycles. The number of carboxylic acids is 1. The molecular formula is C26H35N3O4S. The van der Waals surface area contributed by atoms with Crippen LogP contribution >= 0.6 is 11.3 Å². The van der Waals surface area contributed by atoms with E-state index in [-0.39, 0.29) is 6.54 Å². The van der Waals surface area contributed by atoms with E-state index in [1.54, 1.807) is 18.4 Å². The van der Waals surface area contributed by atoms with Crippen LogP contribution in [-0.2, 0) is 4.79 Å². The third-order valence-electron chi connectivity index (χ3n) is 6.10. The Balaban J connectivity index is 2.10. The maximum Gasteiger partial charge on any atom is 0.307 e. The third kappa shape index (κ3) is 5.50. The van der Waals surface area contributed by atoms with Crippen LogP contribution in [0.25, 0.3) is 21.6 Å². The molecule has 3 N–H and O–H groups in total. The van der Waals surface area contributed by atoms with Crippen LogP contribution in [0.5, 0.6) is 11.5 Å². The lowest BCUT2D eigenvalue weighted by Gasteiger charge is -2.30. The normalized spacial score (nSPS) is 13.8. The summed E-state index contributed by atoms with van der Waals surface area (Å²) in [7, 11) is 1.63. The number of nitrogens with zero attached hydrogens (tertiary/aromatic N) is 2. The van der Waals surface area contributed by atoms with Crippen molar-refractivity contribution in [2.24, 2.45) is 17.1 Å². The number of aliphatic carboxylic acids is 1. The van der Waals surface area contributed by atoms with Crippen LogP contribution in [0.3, 0.4) is 0 Å². The lowest BCUT2D eigenvalue weighted by atomic mass is 9.77. The van der Waals surface area contributed by atoms with Crippen LogP contribution < -0.4 is 15.2 Å². The number of pyridine rings is 1. The first-order valence-electron chi connectivity index (χ1n) is 11.5. The quantitative estimate of drug-likeness (QED) is 0.404.